The fourth-order valence-corrected chi connectivity index (χ4v) is 3.10. The van der Waals surface area contributed by atoms with Crippen LogP contribution >= 0.6 is 11.8 Å². The van der Waals surface area contributed by atoms with Gasteiger partial charge in [0.2, 0.25) is 0 Å². The van der Waals surface area contributed by atoms with Gasteiger partial charge in [0.25, 0.3) is 11.6 Å². The topological polar surface area (TPSA) is 125 Å². The van der Waals surface area contributed by atoms with E-state index < -0.39 is 10.9 Å². The number of carboxylic acid groups (broad SMARTS) is 1. The van der Waals surface area contributed by atoms with Crippen LogP contribution in [-0.4, -0.2) is 44.1 Å². The van der Waals surface area contributed by atoms with E-state index in [9.17, 15) is 24.8 Å². The van der Waals surface area contributed by atoms with Crippen molar-refractivity contribution < 1.29 is 19.6 Å². The van der Waals surface area contributed by atoms with Gasteiger partial charge in [0.15, 0.2) is 5.17 Å². The first-order valence-corrected chi connectivity index (χ1v) is 8.60. The Morgan fingerprint density at radius 2 is 1.93 bits per heavy atom. The number of amides is 1. The number of carboxylic acids is 1. The number of hydrazone groups is 1. The number of thioether (sulfide) groups is 1. The van der Waals surface area contributed by atoms with Crippen molar-refractivity contribution in [2.75, 3.05) is 5.75 Å². The molecule has 0 unspecified atom stereocenters. The molecule has 2 aromatic carbocycles. The largest absolute Gasteiger partial charge is 0.478 e. The summed E-state index contributed by atoms with van der Waals surface area (Å²) >= 11 is 1.09. The van der Waals surface area contributed by atoms with Crippen LogP contribution in [0, 0.1) is 10.1 Å². The lowest BCUT2D eigenvalue weighted by atomic mass is 10.1. The zero-order chi connectivity index (χ0) is 19.4. The Morgan fingerprint density at radius 1 is 1.22 bits per heavy atom. The highest BCUT2D eigenvalue weighted by Gasteiger charge is 2.29. The summed E-state index contributed by atoms with van der Waals surface area (Å²) < 4.78 is 0. The predicted octanol–water partition coefficient (Wildman–Crippen LogP) is 2.89. The molecular weight excluding hydrogens is 372 g/mol. The molecule has 9 nitrogen and oxygen atoms in total. The first-order chi connectivity index (χ1) is 13.0. The van der Waals surface area contributed by atoms with Crippen LogP contribution in [0.2, 0.25) is 0 Å². The minimum atomic E-state index is -1.12. The molecule has 0 aliphatic carbocycles. The van der Waals surface area contributed by atoms with Crippen molar-refractivity contribution in [2.24, 2.45) is 10.1 Å². The first-order valence-electron chi connectivity index (χ1n) is 7.61. The van der Waals surface area contributed by atoms with E-state index in [1.807, 2.05) is 0 Å². The predicted molar refractivity (Wildman–Crippen MR) is 100 cm³/mol. The zero-order valence-corrected chi connectivity index (χ0v) is 14.5. The summed E-state index contributed by atoms with van der Waals surface area (Å²) in [7, 11) is 0. The van der Waals surface area contributed by atoms with Crippen molar-refractivity contribution in [1.29, 1.82) is 0 Å². The van der Waals surface area contributed by atoms with Gasteiger partial charge in [0.1, 0.15) is 5.69 Å². The summed E-state index contributed by atoms with van der Waals surface area (Å²) in [5.41, 5.74) is 0.272. The number of nitro benzene ring substituents is 1. The second-order valence-corrected chi connectivity index (χ2v) is 6.21. The van der Waals surface area contributed by atoms with E-state index in [2.05, 4.69) is 10.1 Å². The average Bonchev–Trinajstić information content (AvgIpc) is 3.00. The maximum Gasteiger partial charge on any atom is 0.336 e. The van der Waals surface area contributed by atoms with E-state index in [0.29, 0.717) is 5.56 Å². The van der Waals surface area contributed by atoms with Gasteiger partial charge < -0.3 is 5.11 Å². The number of hydrogen-bond donors (Lipinski definition) is 1. The number of rotatable bonds is 5. The van der Waals surface area contributed by atoms with E-state index in [4.69, 9.17) is 0 Å². The molecule has 27 heavy (non-hydrogen) atoms. The monoisotopic (exact) mass is 384 g/mol. The van der Waals surface area contributed by atoms with E-state index >= 15 is 0 Å². The Labute approximate surface area is 157 Å². The summed E-state index contributed by atoms with van der Waals surface area (Å²) in [6, 6.07) is 12.1. The van der Waals surface area contributed by atoms with Gasteiger partial charge in [-0.25, -0.2) is 9.79 Å². The van der Waals surface area contributed by atoms with Crippen LogP contribution in [0.1, 0.15) is 15.9 Å². The van der Waals surface area contributed by atoms with Crippen molar-refractivity contribution in [3.63, 3.8) is 0 Å². The van der Waals surface area contributed by atoms with Crippen LogP contribution in [0.5, 0.6) is 0 Å². The van der Waals surface area contributed by atoms with E-state index in [1.54, 1.807) is 24.3 Å². The highest BCUT2D eigenvalue weighted by atomic mass is 32.2. The molecule has 1 fully saturated rings. The van der Waals surface area contributed by atoms with Gasteiger partial charge in [-0.1, -0.05) is 42.1 Å². The molecule has 1 N–H and O–H groups in total. The lowest BCUT2D eigenvalue weighted by Gasteiger charge is -2.09. The Kier molecular flexibility index (Phi) is 5.27. The molecule has 3 rings (SSSR count). The van der Waals surface area contributed by atoms with Gasteiger partial charge in [0.05, 0.1) is 22.5 Å². The van der Waals surface area contributed by atoms with E-state index in [1.165, 1.54) is 30.5 Å². The Bertz CT molecular complexity index is 989. The highest BCUT2D eigenvalue weighted by Crippen LogP contribution is 2.30. The van der Waals surface area contributed by atoms with Gasteiger partial charge in [-0.05, 0) is 12.1 Å². The molecular formula is C17H12N4O5S. The molecule has 0 atom stereocenters. The van der Waals surface area contributed by atoms with Gasteiger partial charge in [-0.2, -0.15) is 10.1 Å². The lowest BCUT2D eigenvalue weighted by Crippen LogP contribution is -2.24. The summed E-state index contributed by atoms with van der Waals surface area (Å²) in [4.78, 5) is 38.1. The van der Waals surface area contributed by atoms with Crippen molar-refractivity contribution in [3.8, 4) is 0 Å². The number of hydrogen-bond acceptors (Lipinski definition) is 7. The summed E-state index contributed by atoms with van der Waals surface area (Å²) in [6.07, 6.45) is 1.25. The number of amidine groups is 1. The number of carbonyl (C=O) groups is 2. The van der Waals surface area contributed by atoms with Gasteiger partial charge in [-0.3, -0.25) is 14.9 Å². The van der Waals surface area contributed by atoms with E-state index in [-0.39, 0.29) is 33.8 Å². The number of benzene rings is 2. The van der Waals surface area contributed by atoms with Crippen LogP contribution < -0.4 is 0 Å². The van der Waals surface area contributed by atoms with Crippen LogP contribution in [0.3, 0.4) is 0 Å². The quantitative estimate of drug-likeness (QED) is 0.480. The Hall–Kier alpha value is -3.53. The molecule has 0 radical (unpaired) electrons. The van der Waals surface area contributed by atoms with Crippen LogP contribution in [0.15, 0.2) is 58.6 Å². The van der Waals surface area contributed by atoms with Crippen molar-refractivity contribution in [2.45, 2.75) is 0 Å². The number of nitrogens with zero attached hydrogens (tertiary/aromatic N) is 4. The van der Waals surface area contributed by atoms with Gasteiger partial charge in [0, 0.05) is 11.6 Å². The van der Waals surface area contributed by atoms with Crippen molar-refractivity contribution >= 4 is 46.4 Å². The highest BCUT2D eigenvalue weighted by molar-refractivity contribution is 8.15. The molecule has 1 saturated heterocycles. The fourth-order valence-electron chi connectivity index (χ4n) is 2.29. The SMILES string of the molecule is O=C(O)c1ccccc1/C=N/N1C(=O)CSC1=Nc1ccccc1[N+](=O)[O-]. The minimum absolute atomic E-state index is 0.0396. The second-order valence-electron chi connectivity index (χ2n) is 5.27. The molecule has 10 heteroatoms. The average molecular weight is 384 g/mol. The zero-order valence-electron chi connectivity index (χ0n) is 13.7. The molecule has 1 aliphatic rings. The molecule has 1 amide bonds. The Morgan fingerprint density at radius 3 is 2.67 bits per heavy atom. The number of aromatic carboxylic acids is 1. The van der Waals surface area contributed by atoms with Gasteiger partial charge in [-0.15, -0.1) is 0 Å². The molecule has 0 spiro atoms. The summed E-state index contributed by atoms with van der Waals surface area (Å²) in [5.74, 6) is -1.40. The standard InChI is InChI=1S/C17H12N4O5S/c22-15-10-27-17(19-13-7-3-4-8-14(13)21(25)26)20(15)18-9-11-5-1-2-6-12(11)16(23)24/h1-9H,10H2,(H,23,24)/b18-9+,19-17?. The maximum absolute atomic E-state index is 12.1. The van der Waals surface area contributed by atoms with E-state index in [0.717, 1.165) is 16.8 Å². The third-order valence-electron chi connectivity index (χ3n) is 3.54. The Balaban J connectivity index is 1.95. The van der Waals surface area contributed by atoms with Crippen LogP contribution in [-0.2, 0) is 4.79 Å². The molecule has 2 aromatic rings. The van der Waals surface area contributed by atoms with Gasteiger partial charge >= 0.3 is 5.97 Å². The summed E-state index contributed by atoms with van der Waals surface area (Å²) in [6.45, 7) is 0. The second kappa shape index (κ2) is 7.79. The smallest absolute Gasteiger partial charge is 0.336 e. The molecule has 0 saturated carbocycles. The van der Waals surface area contributed by atoms with Crippen molar-refractivity contribution in [1.82, 2.24) is 5.01 Å². The van der Waals surface area contributed by atoms with Crippen molar-refractivity contribution in [3.05, 3.63) is 69.8 Å². The summed E-state index contributed by atoms with van der Waals surface area (Å²) in [5, 5.41) is 25.6. The third kappa shape index (κ3) is 4.01. The fraction of sp³-hybridized carbons (Fsp3) is 0.0588. The number of nitro groups is 1. The first kappa shape index (κ1) is 18.3. The molecule has 0 bridgehead atoms. The molecule has 1 heterocycles. The lowest BCUT2D eigenvalue weighted by molar-refractivity contribution is -0.384. The maximum atomic E-state index is 12.1. The number of aliphatic imine (C=N–C) groups is 1. The minimum Gasteiger partial charge on any atom is -0.478 e. The van der Waals surface area contributed by atoms with Crippen LogP contribution in [0.4, 0.5) is 11.4 Å². The molecule has 1 aliphatic heterocycles. The number of carbonyl (C=O) groups excluding carboxylic acids is 1. The molecule has 136 valence electrons. The normalized spacial score (nSPS) is 15.6. The third-order valence-corrected chi connectivity index (χ3v) is 4.45. The molecule has 0 aromatic heterocycles. The van der Waals surface area contributed by atoms with Crippen LogP contribution in [0.25, 0.3) is 0 Å². The number of para-hydroxylation sites is 2.